The van der Waals surface area contributed by atoms with Gasteiger partial charge in [-0.3, -0.25) is 4.98 Å². The molecule has 0 amide bonds. The summed E-state index contributed by atoms with van der Waals surface area (Å²) in [4.78, 5) is 4.31. The molecule has 1 aliphatic rings. The Bertz CT molecular complexity index is 267. The van der Waals surface area contributed by atoms with E-state index < -0.39 is 0 Å². The van der Waals surface area contributed by atoms with Gasteiger partial charge in [0.1, 0.15) is 0 Å². The minimum Gasteiger partial charge on any atom is -0.261 e. The lowest BCUT2D eigenvalue weighted by Crippen LogP contribution is -2.14. The molecule has 1 aliphatic carbocycles. The largest absolute Gasteiger partial charge is 0.261 e. The third-order valence-electron chi connectivity index (χ3n) is 3.04. The molecule has 1 nitrogen and oxygen atoms in total. The molecule has 0 aromatic carbocycles. The first-order valence-corrected chi connectivity index (χ1v) is 5.84. The zero-order valence-corrected chi connectivity index (χ0v) is 9.08. The van der Waals surface area contributed by atoms with Gasteiger partial charge < -0.3 is 0 Å². The second-order valence-corrected chi connectivity index (χ2v) is 4.65. The van der Waals surface area contributed by atoms with E-state index in [1.165, 1.54) is 25.7 Å². The third-order valence-corrected chi connectivity index (χ3v) is 3.55. The molecule has 14 heavy (non-hydrogen) atoms. The Kier molecular flexibility index (Phi) is 3.41. The van der Waals surface area contributed by atoms with Crippen molar-refractivity contribution in [3.63, 3.8) is 0 Å². The highest BCUT2D eigenvalue weighted by Gasteiger charge is 2.23. The first-order valence-electron chi connectivity index (χ1n) is 5.40. The summed E-state index contributed by atoms with van der Waals surface area (Å²) >= 11 is 6.38. The molecule has 2 rings (SSSR count). The molecular weight excluding hydrogens is 194 g/mol. The van der Waals surface area contributed by atoms with Crippen molar-refractivity contribution in [3.8, 4) is 0 Å². The molecule has 2 heteroatoms. The van der Waals surface area contributed by atoms with Crippen LogP contribution in [-0.4, -0.2) is 10.4 Å². The Labute approximate surface area is 90.5 Å². The summed E-state index contributed by atoms with van der Waals surface area (Å²) in [5, 5.41) is 0.285. The molecule has 0 N–H and O–H groups in total. The average molecular weight is 210 g/mol. The molecule has 0 saturated heterocycles. The molecule has 1 fully saturated rings. The van der Waals surface area contributed by atoms with Crippen molar-refractivity contribution in [1.29, 1.82) is 0 Å². The number of alkyl halides is 1. The SMILES string of the molecule is ClC(Cc1ccccn1)C1CCCC1. The fraction of sp³-hybridized carbons (Fsp3) is 0.583. The van der Waals surface area contributed by atoms with Crippen LogP contribution in [0.3, 0.4) is 0 Å². The van der Waals surface area contributed by atoms with Crippen molar-refractivity contribution in [3.05, 3.63) is 30.1 Å². The van der Waals surface area contributed by atoms with Crippen LogP contribution in [0, 0.1) is 5.92 Å². The van der Waals surface area contributed by atoms with Gasteiger partial charge in [0.15, 0.2) is 0 Å². The monoisotopic (exact) mass is 209 g/mol. The lowest BCUT2D eigenvalue weighted by Gasteiger charge is -2.15. The molecule has 0 radical (unpaired) electrons. The van der Waals surface area contributed by atoms with Crippen molar-refractivity contribution in [2.45, 2.75) is 37.5 Å². The zero-order chi connectivity index (χ0) is 9.80. The third kappa shape index (κ3) is 2.48. The van der Waals surface area contributed by atoms with Crippen LogP contribution in [0.15, 0.2) is 24.4 Å². The van der Waals surface area contributed by atoms with Crippen LogP contribution in [0.5, 0.6) is 0 Å². The fourth-order valence-electron chi connectivity index (χ4n) is 2.20. The topological polar surface area (TPSA) is 12.9 Å². The van der Waals surface area contributed by atoms with Gasteiger partial charge in [-0.1, -0.05) is 18.9 Å². The number of halogens is 1. The zero-order valence-electron chi connectivity index (χ0n) is 8.32. The minimum atomic E-state index is 0.285. The van der Waals surface area contributed by atoms with E-state index in [9.17, 15) is 0 Å². The summed E-state index contributed by atoms with van der Waals surface area (Å²) in [7, 11) is 0. The van der Waals surface area contributed by atoms with Gasteiger partial charge >= 0.3 is 0 Å². The van der Waals surface area contributed by atoms with E-state index in [1.807, 2.05) is 18.3 Å². The maximum atomic E-state index is 6.38. The van der Waals surface area contributed by atoms with Gasteiger partial charge in [0.2, 0.25) is 0 Å². The van der Waals surface area contributed by atoms with Crippen LogP contribution in [0.2, 0.25) is 0 Å². The molecule has 1 aromatic heterocycles. The number of hydrogen-bond acceptors (Lipinski definition) is 1. The fourth-order valence-corrected chi connectivity index (χ4v) is 2.61. The molecular formula is C12H16ClN. The van der Waals surface area contributed by atoms with Gasteiger partial charge in [0.05, 0.1) is 0 Å². The van der Waals surface area contributed by atoms with Crippen LogP contribution >= 0.6 is 11.6 Å². The molecule has 0 aliphatic heterocycles. The van der Waals surface area contributed by atoms with E-state index in [2.05, 4.69) is 11.1 Å². The van der Waals surface area contributed by atoms with Crippen LogP contribution < -0.4 is 0 Å². The Morgan fingerprint density at radius 3 is 2.79 bits per heavy atom. The highest BCUT2D eigenvalue weighted by molar-refractivity contribution is 6.20. The number of rotatable bonds is 3. The highest BCUT2D eigenvalue weighted by atomic mass is 35.5. The van der Waals surface area contributed by atoms with Gasteiger partial charge in [-0.2, -0.15) is 0 Å². The second kappa shape index (κ2) is 4.79. The maximum Gasteiger partial charge on any atom is 0.0419 e. The predicted molar refractivity (Wildman–Crippen MR) is 59.5 cm³/mol. The van der Waals surface area contributed by atoms with E-state index in [4.69, 9.17) is 11.6 Å². The van der Waals surface area contributed by atoms with Crippen LogP contribution in [0.4, 0.5) is 0 Å². The molecule has 0 spiro atoms. The van der Waals surface area contributed by atoms with E-state index >= 15 is 0 Å². The lowest BCUT2D eigenvalue weighted by molar-refractivity contribution is 0.509. The average Bonchev–Trinajstić information content (AvgIpc) is 2.72. The molecule has 1 heterocycles. The summed E-state index contributed by atoms with van der Waals surface area (Å²) in [6.45, 7) is 0. The smallest absolute Gasteiger partial charge is 0.0419 e. The summed E-state index contributed by atoms with van der Waals surface area (Å²) in [6.07, 6.45) is 8.09. The van der Waals surface area contributed by atoms with Crippen LogP contribution in [0.1, 0.15) is 31.4 Å². The Morgan fingerprint density at radius 1 is 1.36 bits per heavy atom. The molecule has 1 unspecified atom stereocenters. The molecule has 1 saturated carbocycles. The first kappa shape index (κ1) is 9.97. The number of nitrogens with zero attached hydrogens (tertiary/aromatic N) is 1. The maximum absolute atomic E-state index is 6.38. The Morgan fingerprint density at radius 2 is 2.14 bits per heavy atom. The van der Waals surface area contributed by atoms with Gasteiger partial charge in [0.25, 0.3) is 0 Å². The number of hydrogen-bond donors (Lipinski definition) is 0. The standard InChI is InChI=1S/C12H16ClN/c13-12(10-5-1-2-6-10)9-11-7-3-4-8-14-11/h3-4,7-8,10,12H,1-2,5-6,9H2. The summed E-state index contributed by atoms with van der Waals surface area (Å²) in [5.41, 5.74) is 1.12. The van der Waals surface area contributed by atoms with Crippen molar-refractivity contribution < 1.29 is 0 Å². The van der Waals surface area contributed by atoms with Gasteiger partial charge in [-0.15, -0.1) is 11.6 Å². The van der Waals surface area contributed by atoms with E-state index in [-0.39, 0.29) is 5.38 Å². The van der Waals surface area contributed by atoms with Crippen molar-refractivity contribution >= 4 is 11.6 Å². The highest BCUT2D eigenvalue weighted by Crippen LogP contribution is 2.31. The van der Waals surface area contributed by atoms with Crippen molar-refractivity contribution in [2.75, 3.05) is 0 Å². The predicted octanol–water partition coefficient (Wildman–Crippen LogP) is 3.42. The number of aromatic nitrogens is 1. The normalized spacial score (nSPS) is 19.8. The van der Waals surface area contributed by atoms with Gasteiger partial charge in [-0.05, 0) is 30.9 Å². The molecule has 1 aromatic rings. The lowest BCUT2D eigenvalue weighted by atomic mass is 10.00. The summed E-state index contributed by atoms with van der Waals surface area (Å²) in [6, 6.07) is 6.03. The molecule has 0 bridgehead atoms. The van der Waals surface area contributed by atoms with Crippen molar-refractivity contribution in [1.82, 2.24) is 4.98 Å². The minimum absolute atomic E-state index is 0.285. The van der Waals surface area contributed by atoms with E-state index in [0.29, 0.717) is 0 Å². The first-order chi connectivity index (χ1) is 6.86. The molecule has 76 valence electrons. The quantitative estimate of drug-likeness (QED) is 0.696. The Balaban J connectivity index is 1.90. The summed E-state index contributed by atoms with van der Waals surface area (Å²) < 4.78 is 0. The summed E-state index contributed by atoms with van der Waals surface area (Å²) in [5.74, 6) is 0.721. The van der Waals surface area contributed by atoms with Crippen molar-refractivity contribution in [2.24, 2.45) is 5.92 Å². The van der Waals surface area contributed by atoms with Crippen LogP contribution in [-0.2, 0) is 6.42 Å². The Hall–Kier alpha value is -0.560. The number of pyridine rings is 1. The second-order valence-electron chi connectivity index (χ2n) is 4.09. The van der Waals surface area contributed by atoms with Crippen LogP contribution in [0.25, 0.3) is 0 Å². The van der Waals surface area contributed by atoms with Gasteiger partial charge in [-0.25, -0.2) is 0 Å². The van der Waals surface area contributed by atoms with E-state index in [1.54, 1.807) is 0 Å². The molecule has 1 atom stereocenters. The van der Waals surface area contributed by atoms with E-state index in [0.717, 1.165) is 18.0 Å². The van der Waals surface area contributed by atoms with Gasteiger partial charge in [0, 0.05) is 23.7 Å².